The molecule has 0 saturated heterocycles. The van der Waals surface area contributed by atoms with Crippen molar-refractivity contribution in [3.63, 3.8) is 0 Å². The summed E-state index contributed by atoms with van der Waals surface area (Å²) < 4.78 is 3.36. The molecule has 2 heterocycles. The molecule has 0 aliphatic carbocycles. The first-order valence-corrected chi connectivity index (χ1v) is 5.48. The van der Waals surface area contributed by atoms with Gasteiger partial charge < -0.3 is 5.73 Å². The Balaban J connectivity index is 1.92. The topological polar surface area (TPSA) is 78.7 Å². The standard InChI is InChI=1S/C11H15N5O/c1-9-3-7-15(11(17)13-9)5-2-6-16-8-4-10(12)14-16/h3-4,7-8H,2,5-6H2,1H3,(H2,12,14). The van der Waals surface area contributed by atoms with Gasteiger partial charge in [0, 0.05) is 31.2 Å². The van der Waals surface area contributed by atoms with Crippen LogP contribution in [-0.4, -0.2) is 19.3 Å². The molecule has 0 fully saturated rings. The Bertz CT molecular complexity index is 557. The van der Waals surface area contributed by atoms with Crippen LogP contribution < -0.4 is 11.4 Å². The van der Waals surface area contributed by atoms with Crippen LogP contribution in [0.3, 0.4) is 0 Å². The minimum atomic E-state index is -0.204. The van der Waals surface area contributed by atoms with E-state index < -0.39 is 0 Å². The van der Waals surface area contributed by atoms with Crippen LogP contribution in [0.15, 0.2) is 29.3 Å². The highest BCUT2D eigenvalue weighted by molar-refractivity contribution is 5.23. The summed E-state index contributed by atoms with van der Waals surface area (Å²) in [6.07, 6.45) is 4.40. The van der Waals surface area contributed by atoms with Gasteiger partial charge in [0.05, 0.1) is 0 Å². The van der Waals surface area contributed by atoms with Crippen LogP contribution in [0.25, 0.3) is 0 Å². The quantitative estimate of drug-likeness (QED) is 0.830. The van der Waals surface area contributed by atoms with Gasteiger partial charge in [0.15, 0.2) is 0 Å². The number of aryl methyl sites for hydroxylation is 3. The van der Waals surface area contributed by atoms with E-state index >= 15 is 0 Å². The SMILES string of the molecule is Cc1ccn(CCCn2ccc(N)n2)c(=O)n1. The number of nitrogens with two attached hydrogens (primary N) is 1. The number of rotatable bonds is 4. The van der Waals surface area contributed by atoms with Crippen molar-refractivity contribution in [2.75, 3.05) is 5.73 Å². The molecule has 0 atom stereocenters. The first-order chi connectivity index (χ1) is 8.15. The third-order valence-corrected chi connectivity index (χ3v) is 2.46. The average Bonchev–Trinajstić information content (AvgIpc) is 2.68. The molecule has 0 aliphatic rings. The van der Waals surface area contributed by atoms with E-state index in [1.807, 2.05) is 12.3 Å². The van der Waals surface area contributed by atoms with Gasteiger partial charge in [-0.3, -0.25) is 9.25 Å². The summed E-state index contributed by atoms with van der Waals surface area (Å²) in [5.41, 5.74) is 6.04. The van der Waals surface area contributed by atoms with Crippen molar-refractivity contribution >= 4 is 5.82 Å². The maximum Gasteiger partial charge on any atom is 0.347 e. The maximum atomic E-state index is 11.5. The Kier molecular flexibility index (Phi) is 3.22. The van der Waals surface area contributed by atoms with Crippen molar-refractivity contribution in [3.05, 3.63) is 40.7 Å². The second-order valence-corrected chi connectivity index (χ2v) is 3.90. The molecule has 0 aliphatic heterocycles. The molecule has 2 aromatic rings. The summed E-state index contributed by atoms with van der Waals surface area (Å²) in [5.74, 6) is 0.513. The molecule has 0 radical (unpaired) electrons. The lowest BCUT2D eigenvalue weighted by Gasteiger charge is -2.05. The molecule has 0 aromatic carbocycles. The number of hydrogen-bond donors (Lipinski definition) is 1. The second kappa shape index (κ2) is 4.82. The first kappa shape index (κ1) is 11.4. The van der Waals surface area contributed by atoms with E-state index in [-0.39, 0.29) is 5.69 Å². The van der Waals surface area contributed by atoms with Gasteiger partial charge in [-0.1, -0.05) is 0 Å². The Labute approximate surface area is 98.7 Å². The Morgan fingerprint density at radius 1 is 1.29 bits per heavy atom. The molecule has 0 amide bonds. The lowest BCUT2D eigenvalue weighted by Crippen LogP contribution is -2.23. The van der Waals surface area contributed by atoms with Crippen LogP contribution in [0, 0.1) is 6.92 Å². The van der Waals surface area contributed by atoms with E-state index in [0.29, 0.717) is 12.4 Å². The molecule has 2 aromatic heterocycles. The van der Waals surface area contributed by atoms with Crippen molar-refractivity contribution in [2.24, 2.45) is 0 Å². The fraction of sp³-hybridized carbons (Fsp3) is 0.364. The minimum Gasteiger partial charge on any atom is -0.382 e. The highest BCUT2D eigenvalue weighted by Crippen LogP contribution is 1.98. The second-order valence-electron chi connectivity index (χ2n) is 3.90. The Hall–Kier alpha value is -2.11. The van der Waals surface area contributed by atoms with Gasteiger partial charge in [-0.25, -0.2) is 4.79 Å². The molecular weight excluding hydrogens is 218 g/mol. The minimum absolute atomic E-state index is 0.204. The summed E-state index contributed by atoms with van der Waals surface area (Å²) in [6, 6.07) is 3.58. The van der Waals surface area contributed by atoms with E-state index in [1.54, 1.807) is 28.4 Å². The zero-order valence-electron chi connectivity index (χ0n) is 9.71. The number of nitrogens with zero attached hydrogens (tertiary/aromatic N) is 4. The van der Waals surface area contributed by atoms with Crippen molar-refractivity contribution in [2.45, 2.75) is 26.4 Å². The monoisotopic (exact) mass is 233 g/mol. The third kappa shape index (κ3) is 2.93. The van der Waals surface area contributed by atoms with Gasteiger partial charge in [-0.2, -0.15) is 10.1 Å². The van der Waals surface area contributed by atoms with Crippen LogP contribution in [0.5, 0.6) is 0 Å². The van der Waals surface area contributed by atoms with Crippen molar-refractivity contribution in [1.82, 2.24) is 19.3 Å². The number of anilines is 1. The zero-order valence-corrected chi connectivity index (χ0v) is 9.71. The van der Waals surface area contributed by atoms with Crippen molar-refractivity contribution in [3.8, 4) is 0 Å². The highest BCUT2D eigenvalue weighted by atomic mass is 16.1. The van der Waals surface area contributed by atoms with Gasteiger partial charge in [-0.05, 0) is 25.5 Å². The summed E-state index contributed by atoms with van der Waals surface area (Å²) in [7, 11) is 0. The molecule has 2 N–H and O–H groups in total. The number of hydrogen-bond acceptors (Lipinski definition) is 4. The van der Waals surface area contributed by atoms with E-state index in [1.165, 1.54) is 0 Å². The lowest BCUT2D eigenvalue weighted by molar-refractivity contribution is 0.515. The largest absolute Gasteiger partial charge is 0.382 e. The molecule has 0 saturated carbocycles. The first-order valence-electron chi connectivity index (χ1n) is 5.48. The van der Waals surface area contributed by atoms with E-state index in [0.717, 1.165) is 18.7 Å². The van der Waals surface area contributed by atoms with E-state index in [9.17, 15) is 4.79 Å². The maximum absolute atomic E-state index is 11.5. The smallest absolute Gasteiger partial charge is 0.347 e. The fourth-order valence-electron chi connectivity index (χ4n) is 1.59. The van der Waals surface area contributed by atoms with E-state index in [4.69, 9.17) is 5.73 Å². The molecule has 6 heteroatoms. The molecule has 0 unspecified atom stereocenters. The normalized spacial score (nSPS) is 10.6. The van der Waals surface area contributed by atoms with Crippen LogP contribution in [-0.2, 0) is 13.1 Å². The van der Waals surface area contributed by atoms with Crippen molar-refractivity contribution < 1.29 is 0 Å². The predicted octanol–water partition coefficient (Wildman–Crippen LogP) is 0.421. The summed E-state index contributed by atoms with van der Waals surface area (Å²) >= 11 is 0. The fourth-order valence-corrected chi connectivity index (χ4v) is 1.59. The van der Waals surface area contributed by atoms with Crippen LogP contribution in [0.1, 0.15) is 12.1 Å². The van der Waals surface area contributed by atoms with Crippen LogP contribution >= 0.6 is 0 Å². The zero-order chi connectivity index (χ0) is 12.3. The van der Waals surface area contributed by atoms with Crippen molar-refractivity contribution in [1.29, 1.82) is 0 Å². The molecule has 2 rings (SSSR count). The average molecular weight is 233 g/mol. The number of aromatic nitrogens is 4. The van der Waals surface area contributed by atoms with Crippen LogP contribution in [0.4, 0.5) is 5.82 Å². The van der Waals surface area contributed by atoms with Gasteiger partial charge >= 0.3 is 5.69 Å². The Morgan fingerprint density at radius 2 is 2.12 bits per heavy atom. The molecule has 0 bridgehead atoms. The van der Waals surface area contributed by atoms with Gasteiger partial charge in [-0.15, -0.1) is 0 Å². The number of nitrogen functional groups attached to an aromatic ring is 1. The lowest BCUT2D eigenvalue weighted by atomic mass is 10.4. The predicted molar refractivity (Wildman–Crippen MR) is 64.5 cm³/mol. The highest BCUT2D eigenvalue weighted by Gasteiger charge is 1.98. The molecule has 0 spiro atoms. The van der Waals surface area contributed by atoms with Gasteiger partial charge in [0.2, 0.25) is 0 Å². The molecule has 17 heavy (non-hydrogen) atoms. The third-order valence-electron chi connectivity index (χ3n) is 2.46. The molecule has 6 nitrogen and oxygen atoms in total. The molecule has 90 valence electrons. The summed E-state index contributed by atoms with van der Waals surface area (Å²) in [4.78, 5) is 15.4. The summed E-state index contributed by atoms with van der Waals surface area (Å²) in [5, 5.41) is 4.07. The summed E-state index contributed by atoms with van der Waals surface area (Å²) in [6.45, 7) is 3.17. The van der Waals surface area contributed by atoms with Crippen LogP contribution in [0.2, 0.25) is 0 Å². The van der Waals surface area contributed by atoms with E-state index in [2.05, 4.69) is 10.1 Å². The molecular formula is C11H15N5O. The van der Waals surface area contributed by atoms with Gasteiger partial charge in [0.25, 0.3) is 0 Å². The van der Waals surface area contributed by atoms with Gasteiger partial charge in [0.1, 0.15) is 5.82 Å². The Morgan fingerprint density at radius 3 is 2.76 bits per heavy atom.